The standard InChI is InChI=1S/C15H18F2N4/c1-20(2)15-18-7-6-12(19-15)10-21(3)9-11-4-5-13(16)14(17)8-11/h4-8H,9-10H2,1-3H3. The van der Waals surface area contributed by atoms with Crippen molar-refractivity contribution in [1.29, 1.82) is 0 Å². The first-order chi connectivity index (χ1) is 9.95. The van der Waals surface area contributed by atoms with Crippen LogP contribution >= 0.6 is 0 Å². The van der Waals surface area contributed by atoms with Gasteiger partial charge in [-0.05, 0) is 30.8 Å². The largest absolute Gasteiger partial charge is 0.347 e. The van der Waals surface area contributed by atoms with Crippen molar-refractivity contribution in [2.75, 3.05) is 26.0 Å². The molecule has 6 heteroatoms. The summed E-state index contributed by atoms with van der Waals surface area (Å²) in [6, 6.07) is 5.79. The molecule has 4 nitrogen and oxygen atoms in total. The van der Waals surface area contributed by atoms with E-state index >= 15 is 0 Å². The minimum Gasteiger partial charge on any atom is -0.347 e. The van der Waals surface area contributed by atoms with Crippen LogP contribution in [0.2, 0.25) is 0 Å². The Labute approximate surface area is 123 Å². The molecule has 21 heavy (non-hydrogen) atoms. The number of hydrogen-bond acceptors (Lipinski definition) is 4. The van der Waals surface area contributed by atoms with Gasteiger partial charge in [-0.2, -0.15) is 0 Å². The molecule has 0 aliphatic heterocycles. The van der Waals surface area contributed by atoms with E-state index in [0.29, 0.717) is 19.0 Å². The fourth-order valence-corrected chi connectivity index (χ4v) is 1.97. The van der Waals surface area contributed by atoms with Crippen LogP contribution in [-0.4, -0.2) is 36.0 Å². The molecule has 0 fully saturated rings. The molecule has 0 atom stereocenters. The first-order valence-corrected chi connectivity index (χ1v) is 6.57. The summed E-state index contributed by atoms with van der Waals surface area (Å²) in [4.78, 5) is 12.4. The normalized spacial score (nSPS) is 11.0. The maximum absolute atomic E-state index is 13.2. The van der Waals surface area contributed by atoms with Crippen LogP contribution in [0.25, 0.3) is 0 Å². The average Bonchev–Trinajstić information content (AvgIpc) is 2.43. The van der Waals surface area contributed by atoms with Crippen LogP contribution in [0.1, 0.15) is 11.3 Å². The highest BCUT2D eigenvalue weighted by atomic mass is 19.2. The molecular weight excluding hydrogens is 274 g/mol. The molecule has 0 amide bonds. The highest BCUT2D eigenvalue weighted by Crippen LogP contribution is 2.12. The van der Waals surface area contributed by atoms with Crippen LogP contribution in [0.5, 0.6) is 0 Å². The van der Waals surface area contributed by atoms with Gasteiger partial charge in [0, 0.05) is 33.4 Å². The van der Waals surface area contributed by atoms with Gasteiger partial charge in [-0.1, -0.05) is 6.07 Å². The summed E-state index contributed by atoms with van der Waals surface area (Å²) in [7, 11) is 5.66. The third-order valence-electron chi connectivity index (χ3n) is 2.97. The lowest BCUT2D eigenvalue weighted by Crippen LogP contribution is -2.20. The Morgan fingerprint density at radius 1 is 1.00 bits per heavy atom. The third-order valence-corrected chi connectivity index (χ3v) is 2.97. The topological polar surface area (TPSA) is 32.3 Å². The second kappa shape index (κ2) is 6.58. The Morgan fingerprint density at radius 2 is 1.76 bits per heavy atom. The van der Waals surface area contributed by atoms with Crippen molar-refractivity contribution in [3.05, 3.63) is 53.4 Å². The lowest BCUT2D eigenvalue weighted by molar-refractivity contribution is 0.314. The summed E-state index contributed by atoms with van der Waals surface area (Å²) >= 11 is 0. The predicted molar refractivity (Wildman–Crippen MR) is 77.9 cm³/mol. The van der Waals surface area contributed by atoms with Gasteiger partial charge in [0.25, 0.3) is 0 Å². The molecule has 0 N–H and O–H groups in total. The molecule has 0 saturated carbocycles. The van der Waals surface area contributed by atoms with Crippen molar-refractivity contribution in [3.63, 3.8) is 0 Å². The zero-order chi connectivity index (χ0) is 15.4. The summed E-state index contributed by atoms with van der Waals surface area (Å²) < 4.78 is 26.1. The van der Waals surface area contributed by atoms with Crippen LogP contribution in [0, 0.1) is 11.6 Å². The Hall–Kier alpha value is -2.08. The van der Waals surface area contributed by atoms with Crippen molar-refractivity contribution in [1.82, 2.24) is 14.9 Å². The highest BCUT2D eigenvalue weighted by molar-refractivity contribution is 5.27. The smallest absolute Gasteiger partial charge is 0.225 e. The van der Waals surface area contributed by atoms with Crippen LogP contribution in [0.15, 0.2) is 30.5 Å². The van der Waals surface area contributed by atoms with E-state index in [9.17, 15) is 8.78 Å². The zero-order valence-electron chi connectivity index (χ0n) is 12.3. The first-order valence-electron chi connectivity index (χ1n) is 6.57. The molecule has 2 aromatic rings. The lowest BCUT2D eigenvalue weighted by atomic mass is 10.2. The monoisotopic (exact) mass is 292 g/mol. The molecule has 112 valence electrons. The van der Waals surface area contributed by atoms with Gasteiger partial charge in [-0.15, -0.1) is 0 Å². The van der Waals surface area contributed by atoms with Crippen LogP contribution < -0.4 is 4.90 Å². The van der Waals surface area contributed by atoms with Gasteiger partial charge in [0.1, 0.15) is 0 Å². The number of rotatable bonds is 5. The summed E-state index contributed by atoms with van der Waals surface area (Å²) in [6.07, 6.45) is 1.71. The molecule has 1 aromatic heterocycles. The highest BCUT2D eigenvalue weighted by Gasteiger charge is 2.08. The minimum absolute atomic E-state index is 0.512. The van der Waals surface area contributed by atoms with Crippen molar-refractivity contribution in [2.24, 2.45) is 0 Å². The van der Waals surface area contributed by atoms with Gasteiger partial charge in [0.05, 0.1) is 5.69 Å². The van der Waals surface area contributed by atoms with Crippen LogP contribution in [-0.2, 0) is 13.1 Å². The number of benzene rings is 1. The molecule has 0 unspecified atom stereocenters. The van der Waals surface area contributed by atoms with Crippen LogP contribution in [0.3, 0.4) is 0 Å². The molecule has 0 bridgehead atoms. The first kappa shape index (κ1) is 15.3. The molecule has 0 aliphatic rings. The fraction of sp³-hybridized carbons (Fsp3) is 0.333. The van der Waals surface area contributed by atoms with Crippen molar-refractivity contribution in [2.45, 2.75) is 13.1 Å². The second-order valence-electron chi connectivity index (χ2n) is 5.16. The summed E-state index contributed by atoms with van der Waals surface area (Å²) in [5, 5.41) is 0. The molecule has 1 heterocycles. The van der Waals surface area contributed by atoms with Crippen molar-refractivity contribution < 1.29 is 8.78 Å². The number of aromatic nitrogens is 2. The minimum atomic E-state index is -0.826. The van der Waals surface area contributed by atoms with Gasteiger partial charge in [-0.3, -0.25) is 4.90 Å². The van der Waals surface area contributed by atoms with Gasteiger partial charge >= 0.3 is 0 Å². The van der Waals surface area contributed by atoms with E-state index in [1.807, 2.05) is 37.0 Å². The van der Waals surface area contributed by atoms with E-state index < -0.39 is 11.6 Å². The predicted octanol–water partition coefficient (Wildman–Crippen LogP) is 2.45. The SMILES string of the molecule is CN(Cc1ccc(F)c(F)c1)Cc1ccnc(N(C)C)n1. The van der Waals surface area contributed by atoms with Gasteiger partial charge in [0.2, 0.25) is 5.95 Å². The Balaban J connectivity index is 2.02. The van der Waals surface area contributed by atoms with E-state index in [4.69, 9.17) is 0 Å². The van der Waals surface area contributed by atoms with Crippen molar-refractivity contribution >= 4 is 5.95 Å². The summed E-state index contributed by atoms with van der Waals surface area (Å²) in [5.41, 5.74) is 1.59. The zero-order valence-corrected chi connectivity index (χ0v) is 12.3. The maximum atomic E-state index is 13.2. The molecule has 2 rings (SSSR count). The number of nitrogens with zero attached hydrogens (tertiary/aromatic N) is 4. The summed E-state index contributed by atoms with van der Waals surface area (Å²) in [6.45, 7) is 1.11. The molecule has 1 aromatic carbocycles. The lowest BCUT2D eigenvalue weighted by Gasteiger charge is -2.17. The Morgan fingerprint density at radius 3 is 2.43 bits per heavy atom. The van der Waals surface area contributed by atoms with E-state index in [0.717, 1.165) is 17.3 Å². The average molecular weight is 292 g/mol. The number of hydrogen-bond donors (Lipinski definition) is 0. The van der Waals surface area contributed by atoms with Gasteiger partial charge < -0.3 is 4.90 Å². The Bertz CT molecular complexity index is 616. The molecule has 0 saturated heterocycles. The third kappa shape index (κ3) is 4.19. The molecule has 0 spiro atoms. The maximum Gasteiger partial charge on any atom is 0.225 e. The quantitative estimate of drug-likeness (QED) is 0.847. The van der Waals surface area contributed by atoms with E-state index in [1.165, 1.54) is 6.07 Å². The van der Waals surface area contributed by atoms with Crippen molar-refractivity contribution in [3.8, 4) is 0 Å². The Kier molecular flexibility index (Phi) is 4.80. The van der Waals surface area contributed by atoms with E-state index in [2.05, 4.69) is 9.97 Å². The second-order valence-corrected chi connectivity index (χ2v) is 5.16. The number of anilines is 1. The van der Waals surface area contributed by atoms with E-state index in [-0.39, 0.29) is 0 Å². The fourth-order valence-electron chi connectivity index (χ4n) is 1.97. The molecule has 0 radical (unpaired) electrons. The van der Waals surface area contributed by atoms with Gasteiger partial charge in [-0.25, -0.2) is 18.7 Å². The van der Waals surface area contributed by atoms with Gasteiger partial charge in [0.15, 0.2) is 11.6 Å². The summed E-state index contributed by atoms with van der Waals surface area (Å²) in [5.74, 6) is -1.00. The van der Waals surface area contributed by atoms with E-state index in [1.54, 1.807) is 12.3 Å². The van der Waals surface area contributed by atoms with Crippen LogP contribution in [0.4, 0.5) is 14.7 Å². The molecular formula is C15H18F2N4. The number of halogens is 2. The molecule has 0 aliphatic carbocycles.